The van der Waals surface area contributed by atoms with Gasteiger partial charge in [0.15, 0.2) is 0 Å². The van der Waals surface area contributed by atoms with E-state index in [0.29, 0.717) is 11.8 Å². The fraction of sp³-hybridized carbons (Fsp3) is 0.765. The van der Waals surface area contributed by atoms with Crippen LogP contribution in [0, 0.1) is 22.0 Å². The standard InChI is InChI=1S/C17H27NO2/c1-2-3-4-5-8-16-14-10-11-15(13-14)17(16)9-6-7-12-18(19)20/h10-11,14-15H,2-9,12-13H2,1H3. The second-order valence-corrected chi connectivity index (χ2v) is 6.21. The molecule has 2 aliphatic rings. The zero-order chi connectivity index (χ0) is 14.4. The molecule has 2 bridgehead atoms. The van der Waals surface area contributed by atoms with Crippen molar-refractivity contribution in [2.75, 3.05) is 6.54 Å². The molecule has 0 aromatic carbocycles. The Bertz CT molecular complexity index is 398. The molecule has 0 radical (unpaired) electrons. The summed E-state index contributed by atoms with van der Waals surface area (Å²) in [5, 5.41) is 10.4. The van der Waals surface area contributed by atoms with Crippen molar-refractivity contribution >= 4 is 0 Å². The zero-order valence-corrected chi connectivity index (χ0v) is 12.6. The molecule has 0 fully saturated rings. The van der Waals surface area contributed by atoms with Gasteiger partial charge in [-0.1, -0.05) is 49.5 Å². The van der Waals surface area contributed by atoms with Gasteiger partial charge in [0, 0.05) is 11.3 Å². The van der Waals surface area contributed by atoms with Crippen LogP contribution in [0.25, 0.3) is 0 Å². The van der Waals surface area contributed by atoms with Gasteiger partial charge in [-0.15, -0.1) is 0 Å². The first kappa shape index (κ1) is 15.3. The van der Waals surface area contributed by atoms with E-state index in [2.05, 4.69) is 19.1 Å². The SMILES string of the molecule is CCCCCCC1=C(CCCC[N+](=O)[O-])C2C=CC1C2. The third kappa shape index (κ3) is 3.94. The number of nitrogens with zero attached hydrogens (tertiary/aromatic N) is 1. The molecule has 2 atom stereocenters. The van der Waals surface area contributed by atoms with Gasteiger partial charge < -0.3 is 0 Å². The molecule has 3 nitrogen and oxygen atoms in total. The first-order chi connectivity index (χ1) is 9.72. The van der Waals surface area contributed by atoms with Gasteiger partial charge in [-0.3, -0.25) is 10.1 Å². The van der Waals surface area contributed by atoms with Crippen molar-refractivity contribution in [2.45, 2.75) is 64.7 Å². The fourth-order valence-corrected chi connectivity index (χ4v) is 3.68. The van der Waals surface area contributed by atoms with Gasteiger partial charge >= 0.3 is 0 Å². The predicted molar refractivity (Wildman–Crippen MR) is 82.2 cm³/mol. The topological polar surface area (TPSA) is 43.1 Å². The number of rotatable bonds is 10. The van der Waals surface area contributed by atoms with Gasteiger partial charge in [-0.05, 0) is 43.9 Å². The Morgan fingerprint density at radius 1 is 1.05 bits per heavy atom. The van der Waals surface area contributed by atoms with Crippen LogP contribution in [0.15, 0.2) is 23.3 Å². The van der Waals surface area contributed by atoms with E-state index < -0.39 is 0 Å². The van der Waals surface area contributed by atoms with E-state index in [4.69, 9.17) is 0 Å². The summed E-state index contributed by atoms with van der Waals surface area (Å²) < 4.78 is 0. The minimum absolute atomic E-state index is 0.128. The third-order valence-electron chi connectivity index (χ3n) is 4.73. The minimum atomic E-state index is -0.194. The molecule has 2 unspecified atom stereocenters. The number of hydrogen-bond acceptors (Lipinski definition) is 2. The molecule has 20 heavy (non-hydrogen) atoms. The van der Waals surface area contributed by atoms with Gasteiger partial charge in [0.2, 0.25) is 6.54 Å². The van der Waals surface area contributed by atoms with Crippen molar-refractivity contribution in [3.8, 4) is 0 Å². The van der Waals surface area contributed by atoms with Gasteiger partial charge in [0.25, 0.3) is 0 Å². The van der Waals surface area contributed by atoms with E-state index in [9.17, 15) is 10.1 Å². The van der Waals surface area contributed by atoms with E-state index >= 15 is 0 Å². The maximum Gasteiger partial charge on any atom is 0.203 e. The maximum absolute atomic E-state index is 10.4. The van der Waals surface area contributed by atoms with Gasteiger partial charge in [-0.25, -0.2) is 0 Å². The lowest BCUT2D eigenvalue weighted by Gasteiger charge is -2.16. The molecule has 0 aromatic rings. The van der Waals surface area contributed by atoms with Crippen LogP contribution >= 0.6 is 0 Å². The van der Waals surface area contributed by atoms with Crippen LogP contribution in [-0.4, -0.2) is 11.5 Å². The van der Waals surface area contributed by atoms with Crippen LogP contribution in [0.3, 0.4) is 0 Å². The van der Waals surface area contributed by atoms with E-state index in [1.165, 1.54) is 38.5 Å². The molecule has 0 N–H and O–H groups in total. The first-order valence-electron chi connectivity index (χ1n) is 8.24. The number of unbranched alkanes of at least 4 members (excludes halogenated alkanes) is 4. The van der Waals surface area contributed by atoms with E-state index in [1.54, 1.807) is 11.1 Å². The average Bonchev–Trinajstić information content (AvgIpc) is 3.01. The number of allylic oxidation sites excluding steroid dienone is 4. The molecule has 0 spiro atoms. The van der Waals surface area contributed by atoms with Crippen molar-refractivity contribution in [3.05, 3.63) is 33.4 Å². The van der Waals surface area contributed by atoms with Crippen molar-refractivity contribution in [3.63, 3.8) is 0 Å². The summed E-state index contributed by atoms with van der Waals surface area (Å²) in [6.45, 7) is 2.38. The lowest BCUT2D eigenvalue weighted by Crippen LogP contribution is -2.03. The van der Waals surface area contributed by atoms with Gasteiger partial charge in [-0.2, -0.15) is 0 Å². The van der Waals surface area contributed by atoms with Crippen molar-refractivity contribution < 1.29 is 4.92 Å². The summed E-state index contributed by atoms with van der Waals surface area (Å²) in [6.07, 6.45) is 15.4. The molecule has 3 heteroatoms. The number of nitro groups is 1. The molecule has 2 aliphatic carbocycles. The molecule has 0 heterocycles. The normalized spacial score (nSPS) is 23.9. The van der Waals surface area contributed by atoms with Crippen LogP contribution in [-0.2, 0) is 0 Å². The van der Waals surface area contributed by atoms with Crippen molar-refractivity contribution in [2.24, 2.45) is 11.8 Å². The summed E-state index contributed by atoms with van der Waals surface area (Å²) in [7, 11) is 0. The molecule has 2 rings (SSSR count). The Hall–Kier alpha value is -1.12. The summed E-state index contributed by atoms with van der Waals surface area (Å²) in [5.74, 6) is 1.36. The highest BCUT2D eigenvalue weighted by Gasteiger charge is 2.33. The smallest absolute Gasteiger partial charge is 0.203 e. The minimum Gasteiger partial charge on any atom is -0.265 e. The van der Waals surface area contributed by atoms with Crippen LogP contribution in [0.4, 0.5) is 0 Å². The lowest BCUT2D eigenvalue weighted by atomic mass is 9.90. The zero-order valence-electron chi connectivity index (χ0n) is 12.6. The number of fused-ring (bicyclic) bond motifs is 2. The van der Waals surface area contributed by atoms with Crippen LogP contribution in [0.5, 0.6) is 0 Å². The highest BCUT2D eigenvalue weighted by molar-refractivity contribution is 5.37. The second kappa shape index (κ2) is 7.61. The fourth-order valence-electron chi connectivity index (χ4n) is 3.68. The second-order valence-electron chi connectivity index (χ2n) is 6.21. The molecule has 0 saturated carbocycles. The quantitative estimate of drug-likeness (QED) is 0.246. The summed E-state index contributed by atoms with van der Waals surface area (Å²) >= 11 is 0. The predicted octanol–water partition coefficient (Wildman–Crippen LogP) is 4.91. The first-order valence-corrected chi connectivity index (χ1v) is 8.24. The van der Waals surface area contributed by atoms with E-state index in [0.717, 1.165) is 19.3 Å². The van der Waals surface area contributed by atoms with Crippen LogP contribution in [0.1, 0.15) is 64.7 Å². The third-order valence-corrected chi connectivity index (χ3v) is 4.73. The largest absolute Gasteiger partial charge is 0.265 e. The average molecular weight is 277 g/mol. The summed E-state index contributed by atoms with van der Waals surface area (Å²) in [6, 6.07) is 0. The Morgan fingerprint density at radius 2 is 1.65 bits per heavy atom. The van der Waals surface area contributed by atoms with Gasteiger partial charge in [0.1, 0.15) is 0 Å². The van der Waals surface area contributed by atoms with Crippen LogP contribution in [0.2, 0.25) is 0 Å². The van der Waals surface area contributed by atoms with Gasteiger partial charge in [0.05, 0.1) is 0 Å². The van der Waals surface area contributed by atoms with Crippen molar-refractivity contribution in [1.82, 2.24) is 0 Å². The molecular weight excluding hydrogens is 250 g/mol. The van der Waals surface area contributed by atoms with E-state index in [-0.39, 0.29) is 11.5 Å². The highest BCUT2D eigenvalue weighted by Crippen LogP contribution is 2.47. The Morgan fingerprint density at radius 3 is 2.20 bits per heavy atom. The molecule has 0 aliphatic heterocycles. The van der Waals surface area contributed by atoms with E-state index in [1.807, 2.05) is 0 Å². The highest BCUT2D eigenvalue weighted by atomic mass is 16.6. The Kier molecular flexibility index (Phi) is 5.81. The van der Waals surface area contributed by atoms with Crippen LogP contribution < -0.4 is 0 Å². The summed E-state index contributed by atoms with van der Waals surface area (Å²) in [5.41, 5.74) is 3.33. The molecule has 0 amide bonds. The molecule has 0 aromatic heterocycles. The lowest BCUT2D eigenvalue weighted by molar-refractivity contribution is -0.480. The number of hydrogen-bond donors (Lipinski definition) is 0. The Labute approximate surface area is 122 Å². The Balaban J connectivity index is 1.81. The maximum atomic E-state index is 10.4. The van der Waals surface area contributed by atoms with Crippen molar-refractivity contribution in [1.29, 1.82) is 0 Å². The summed E-state index contributed by atoms with van der Waals surface area (Å²) in [4.78, 5) is 10.2. The molecular formula is C17H27NO2. The molecule has 112 valence electrons. The molecule has 0 saturated heterocycles. The monoisotopic (exact) mass is 277 g/mol.